The highest BCUT2D eigenvalue weighted by atomic mass is 32.1. The SMILES string of the molecule is CCNC(=NCc1ncc(C)s1)NCCN1CCOCC1. The molecule has 0 radical (unpaired) electrons. The van der Waals surface area contributed by atoms with Crippen LogP contribution in [0.3, 0.4) is 0 Å². The van der Waals surface area contributed by atoms with E-state index in [0.29, 0.717) is 6.54 Å². The zero-order chi connectivity index (χ0) is 14.9. The zero-order valence-electron chi connectivity index (χ0n) is 12.9. The molecule has 2 heterocycles. The lowest BCUT2D eigenvalue weighted by Gasteiger charge is -2.26. The summed E-state index contributed by atoms with van der Waals surface area (Å²) in [7, 11) is 0. The average Bonchev–Trinajstić information content (AvgIpc) is 2.91. The number of nitrogens with one attached hydrogen (secondary N) is 2. The van der Waals surface area contributed by atoms with Crippen LogP contribution in [-0.4, -0.2) is 61.8 Å². The van der Waals surface area contributed by atoms with Gasteiger partial charge in [0.25, 0.3) is 0 Å². The first-order valence-corrected chi connectivity index (χ1v) is 8.33. The molecule has 1 aliphatic heterocycles. The van der Waals surface area contributed by atoms with Crippen LogP contribution < -0.4 is 10.6 Å². The molecular weight excluding hydrogens is 286 g/mol. The van der Waals surface area contributed by atoms with E-state index in [1.807, 2.05) is 6.20 Å². The summed E-state index contributed by atoms with van der Waals surface area (Å²) in [5, 5.41) is 7.70. The molecular formula is C14H25N5OS. The predicted octanol–water partition coefficient (Wildman–Crippen LogP) is 0.839. The van der Waals surface area contributed by atoms with E-state index in [-0.39, 0.29) is 0 Å². The van der Waals surface area contributed by atoms with Gasteiger partial charge < -0.3 is 15.4 Å². The molecule has 1 aliphatic rings. The highest BCUT2D eigenvalue weighted by molar-refractivity contribution is 7.11. The lowest BCUT2D eigenvalue weighted by molar-refractivity contribution is 0.0389. The highest BCUT2D eigenvalue weighted by Crippen LogP contribution is 2.11. The van der Waals surface area contributed by atoms with Gasteiger partial charge in [0.1, 0.15) is 5.01 Å². The van der Waals surface area contributed by atoms with Crippen LogP contribution in [0.15, 0.2) is 11.2 Å². The monoisotopic (exact) mass is 311 g/mol. The average molecular weight is 311 g/mol. The fraction of sp³-hybridized carbons (Fsp3) is 0.714. The number of aryl methyl sites for hydroxylation is 1. The third-order valence-electron chi connectivity index (χ3n) is 3.21. The zero-order valence-corrected chi connectivity index (χ0v) is 13.7. The van der Waals surface area contributed by atoms with Crippen molar-refractivity contribution in [2.24, 2.45) is 4.99 Å². The molecule has 1 aromatic heterocycles. The van der Waals surface area contributed by atoms with Crippen molar-refractivity contribution in [3.8, 4) is 0 Å². The number of nitrogens with zero attached hydrogens (tertiary/aromatic N) is 3. The summed E-state index contributed by atoms with van der Waals surface area (Å²) in [5.41, 5.74) is 0. The minimum Gasteiger partial charge on any atom is -0.379 e. The first kappa shape index (κ1) is 16.2. The summed E-state index contributed by atoms with van der Waals surface area (Å²) in [6, 6.07) is 0. The van der Waals surface area contributed by atoms with Gasteiger partial charge in [-0.1, -0.05) is 0 Å². The molecule has 1 saturated heterocycles. The van der Waals surface area contributed by atoms with Crippen molar-refractivity contribution in [2.45, 2.75) is 20.4 Å². The smallest absolute Gasteiger partial charge is 0.191 e. The number of hydrogen-bond acceptors (Lipinski definition) is 5. The molecule has 7 heteroatoms. The van der Waals surface area contributed by atoms with Gasteiger partial charge in [0.15, 0.2) is 5.96 Å². The van der Waals surface area contributed by atoms with Crippen molar-refractivity contribution in [2.75, 3.05) is 45.9 Å². The lowest BCUT2D eigenvalue weighted by atomic mass is 10.4. The molecule has 0 spiro atoms. The van der Waals surface area contributed by atoms with Crippen molar-refractivity contribution in [3.05, 3.63) is 16.1 Å². The van der Waals surface area contributed by atoms with Gasteiger partial charge in [-0.3, -0.25) is 4.90 Å². The fourth-order valence-corrected chi connectivity index (χ4v) is 2.83. The summed E-state index contributed by atoms with van der Waals surface area (Å²) >= 11 is 1.70. The Bertz CT molecular complexity index is 442. The molecule has 0 amide bonds. The summed E-state index contributed by atoms with van der Waals surface area (Å²) in [6.07, 6.45) is 1.90. The van der Waals surface area contributed by atoms with Gasteiger partial charge in [0.05, 0.1) is 19.8 Å². The van der Waals surface area contributed by atoms with Gasteiger partial charge in [-0.05, 0) is 13.8 Å². The summed E-state index contributed by atoms with van der Waals surface area (Å²) in [6.45, 7) is 11.3. The number of aromatic nitrogens is 1. The van der Waals surface area contributed by atoms with E-state index in [1.165, 1.54) is 4.88 Å². The minimum atomic E-state index is 0.630. The Morgan fingerprint density at radius 1 is 1.43 bits per heavy atom. The molecule has 6 nitrogen and oxygen atoms in total. The first-order valence-electron chi connectivity index (χ1n) is 7.51. The Morgan fingerprint density at radius 3 is 2.90 bits per heavy atom. The Labute approximate surface area is 130 Å². The summed E-state index contributed by atoms with van der Waals surface area (Å²) in [4.78, 5) is 12.5. The Morgan fingerprint density at radius 2 is 2.24 bits per heavy atom. The second-order valence-corrected chi connectivity index (χ2v) is 6.26. The van der Waals surface area contributed by atoms with Gasteiger partial charge in [-0.25, -0.2) is 9.98 Å². The second kappa shape index (κ2) is 8.96. The number of thiazole rings is 1. The van der Waals surface area contributed by atoms with E-state index >= 15 is 0 Å². The lowest BCUT2D eigenvalue weighted by Crippen LogP contribution is -2.44. The quantitative estimate of drug-likeness (QED) is 0.602. The second-order valence-electron chi connectivity index (χ2n) is 4.94. The predicted molar refractivity (Wildman–Crippen MR) is 86.9 cm³/mol. The molecule has 0 unspecified atom stereocenters. The van der Waals surface area contributed by atoms with E-state index in [0.717, 1.165) is 56.9 Å². The first-order chi connectivity index (χ1) is 10.3. The maximum Gasteiger partial charge on any atom is 0.191 e. The Kier molecular flexibility index (Phi) is 6.91. The van der Waals surface area contributed by atoms with Crippen LogP contribution in [0.1, 0.15) is 16.8 Å². The van der Waals surface area contributed by atoms with Crippen LogP contribution in [0.25, 0.3) is 0 Å². The number of rotatable bonds is 6. The minimum absolute atomic E-state index is 0.630. The molecule has 0 saturated carbocycles. The van der Waals surface area contributed by atoms with E-state index in [2.05, 4.69) is 39.4 Å². The van der Waals surface area contributed by atoms with E-state index in [4.69, 9.17) is 4.74 Å². The number of aliphatic imine (C=N–C) groups is 1. The van der Waals surface area contributed by atoms with E-state index < -0.39 is 0 Å². The van der Waals surface area contributed by atoms with E-state index in [9.17, 15) is 0 Å². The van der Waals surface area contributed by atoms with Gasteiger partial charge in [-0.2, -0.15) is 0 Å². The number of hydrogen-bond donors (Lipinski definition) is 2. The third-order valence-corrected chi connectivity index (χ3v) is 4.11. The molecule has 2 N–H and O–H groups in total. The number of guanidine groups is 1. The van der Waals surface area contributed by atoms with Crippen LogP contribution >= 0.6 is 11.3 Å². The molecule has 118 valence electrons. The highest BCUT2D eigenvalue weighted by Gasteiger charge is 2.09. The summed E-state index contributed by atoms with van der Waals surface area (Å²) in [5.74, 6) is 0.860. The maximum absolute atomic E-state index is 5.35. The van der Waals surface area contributed by atoms with E-state index in [1.54, 1.807) is 11.3 Å². The van der Waals surface area contributed by atoms with Crippen molar-refractivity contribution >= 4 is 17.3 Å². The molecule has 0 aromatic carbocycles. The molecule has 1 aromatic rings. The van der Waals surface area contributed by atoms with Crippen LogP contribution in [-0.2, 0) is 11.3 Å². The largest absolute Gasteiger partial charge is 0.379 e. The van der Waals surface area contributed by atoms with Gasteiger partial charge in [0, 0.05) is 43.8 Å². The Hall–Kier alpha value is -1.18. The van der Waals surface area contributed by atoms with Gasteiger partial charge >= 0.3 is 0 Å². The molecule has 0 atom stereocenters. The topological polar surface area (TPSA) is 61.8 Å². The van der Waals surface area contributed by atoms with Crippen LogP contribution in [0, 0.1) is 6.92 Å². The van der Waals surface area contributed by atoms with Crippen molar-refractivity contribution in [1.82, 2.24) is 20.5 Å². The number of ether oxygens (including phenoxy) is 1. The van der Waals surface area contributed by atoms with Crippen LogP contribution in [0.5, 0.6) is 0 Å². The normalized spacial score (nSPS) is 17.0. The maximum atomic E-state index is 5.35. The van der Waals surface area contributed by atoms with Gasteiger partial charge in [0.2, 0.25) is 0 Å². The molecule has 0 bridgehead atoms. The number of morpholine rings is 1. The molecule has 1 fully saturated rings. The summed E-state index contributed by atoms with van der Waals surface area (Å²) < 4.78 is 5.35. The van der Waals surface area contributed by atoms with Crippen molar-refractivity contribution in [3.63, 3.8) is 0 Å². The van der Waals surface area contributed by atoms with Crippen molar-refractivity contribution in [1.29, 1.82) is 0 Å². The van der Waals surface area contributed by atoms with Crippen LogP contribution in [0.4, 0.5) is 0 Å². The van der Waals surface area contributed by atoms with Crippen LogP contribution in [0.2, 0.25) is 0 Å². The Balaban J connectivity index is 1.74. The third kappa shape index (κ3) is 5.99. The van der Waals surface area contributed by atoms with Gasteiger partial charge in [-0.15, -0.1) is 11.3 Å². The van der Waals surface area contributed by atoms with Crippen molar-refractivity contribution < 1.29 is 4.74 Å². The molecule has 21 heavy (non-hydrogen) atoms. The fourth-order valence-electron chi connectivity index (χ4n) is 2.12. The molecule has 2 rings (SSSR count). The standard InChI is InChI=1S/C14H25N5OS/c1-3-15-14(18-11-13-17-10-12(2)21-13)16-4-5-19-6-8-20-9-7-19/h10H,3-9,11H2,1-2H3,(H2,15,16,18). The molecule has 0 aliphatic carbocycles.